The molecule has 19 heavy (non-hydrogen) atoms. The van der Waals surface area contributed by atoms with E-state index < -0.39 is 0 Å². The van der Waals surface area contributed by atoms with Crippen molar-refractivity contribution in [2.75, 3.05) is 32.0 Å². The molecule has 2 saturated heterocycles. The van der Waals surface area contributed by atoms with Crippen LogP contribution in [-0.4, -0.2) is 53.5 Å². The minimum absolute atomic E-state index is 0.00151. The summed E-state index contributed by atoms with van der Waals surface area (Å²) in [6.45, 7) is 2.93. The fourth-order valence-electron chi connectivity index (χ4n) is 3.29. The Labute approximate surface area is 117 Å². The molecule has 2 amide bonds. The second-order valence-corrected chi connectivity index (χ2v) is 6.35. The Morgan fingerprint density at radius 2 is 2.37 bits per heavy atom. The van der Waals surface area contributed by atoms with Gasteiger partial charge < -0.3 is 9.80 Å². The number of rotatable bonds is 1. The van der Waals surface area contributed by atoms with Crippen LogP contribution in [-0.2, 0) is 0 Å². The molecule has 2 fully saturated rings. The molecular weight excluding hydrogens is 260 g/mol. The van der Waals surface area contributed by atoms with Crippen molar-refractivity contribution in [1.82, 2.24) is 14.8 Å². The topological polar surface area (TPSA) is 48.5 Å². The maximum Gasteiger partial charge on any atom is 0.323 e. The predicted octanol–water partition coefficient (Wildman–Crippen LogP) is 2.09. The van der Waals surface area contributed by atoms with Crippen molar-refractivity contribution in [3.63, 3.8) is 0 Å². The number of urea groups is 1. The van der Waals surface area contributed by atoms with E-state index in [4.69, 9.17) is 0 Å². The van der Waals surface area contributed by atoms with Gasteiger partial charge in [-0.05, 0) is 38.8 Å². The Kier molecular flexibility index (Phi) is 3.70. The molecule has 2 aliphatic heterocycles. The lowest BCUT2D eigenvalue weighted by Gasteiger charge is -2.45. The number of nitrogens with one attached hydrogen (secondary N) is 1. The van der Waals surface area contributed by atoms with Crippen LogP contribution in [0.3, 0.4) is 0 Å². The molecular formula is C13H20N4OS. The highest BCUT2D eigenvalue weighted by atomic mass is 32.1. The number of piperidine rings is 2. The van der Waals surface area contributed by atoms with Gasteiger partial charge in [0.15, 0.2) is 5.13 Å². The number of hydrogen-bond donors (Lipinski definition) is 1. The third-order valence-electron chi connectivity index (χ3n) is 4.28. The Bertz CT molecular complexity index is 436. The second-order valence-electron chi connectivity index (χ2n) is 5.45. The lowest BCUT2D eigenvalue weighted by molar-refractivity contribution is 0.0542. The van der Waals surface area contributed by atoms with Gasteiger partial charge in [-0.2, -0.15) is 0 Å². The highest BCUT2D eigenvalue weighted by Crippen LogP contribution is 2.29. The third kappa shape index (κ3) is 2.74. The first-order valence-electron chi connectivity index (χ1n) is 6.89. The van der Waals surface area contributed by atoms with Gasteiger partial charge >= 0.3 is 6.03 Å². The Hall–Kier alpha value is -1.14. The van der Waals surface area contributed by atoms with Crippen LogP contribution in [0.25, 0.3) is 0 Å². The van der Waals surface area contributed by atoms with E-state index in [1.54, 1.807) is 6.20 Å². The summed E-state index contributed by atoms with van der Waals surface area (Å²) >= 11 is 1.46. The fourth-order valence-corrected chi connectivity index (χ4v) is 3.81. The summed E-state index contributed by atoms with van der Waals surface area (Å²) in [5, 5.41) is 5.44. The molecule has 104 valence electrons. The van der Waals surface area contributed by atoms with Crippen molar-refractivity contribution in [3.8, 4) is 0 Å². The number of hydrogen-bond acceptors (Lipinski definition) is 4. The molecule has 0 aliphatic carbocycles. The van der Waals surface area contributed by atoms with E-state index in [0.29, 0.717) is 17.1 Å². The van der Waals surface area contributed by atoms with E-state index in [1.165, 1.54) is 30.7 Å². The Morgan fingerprint density at radius 3 is 3.16 bits per heavy atom. The molecule has 0 saturated carbocycles. The van der Waals surface area contributed by atoms with E-state index in [9.17, 15) is 4.79 Å². The molecule has 0 bridgehead atoms. The first kappa shape index (κ1) is 12.9. The summed E-state index contributed by atoms with van der Waals surface area (Å²) < 4.78 is 0. The summed E-state index contributed by atoms with van der Waals surface area (Å²) in [5.41, 5.74) is 0. The average molecular weight is 280 g/mol. The molecule has 2 atom stereocenters. The summed E-state index contributed by atoms with van der Waals surface area (Å²) in [6, 6.07) is 0.666. The number of carbonyl (C=O) groups is 1. The molecule has 3 heterocycles. The van der Waals surface area contributed by atoms with E-state index in [-0.39, 0.29) is 6.03 Å². The third-order valence-corrected chi connectivity index (χ3v) is 4.97. The van der Waals surface area contributed by atoms with E-state index in [1.807, 2.05) is 10.3 Å². The SMILES string of the molecule is CN1CCCC2CN(C(=O)Nc3nccs3)CCC21. The maximum atomic E-state index is 12.2. The van der Waals surface area contributed by atoms with Crippen molar-refractivity contribution in [2.45, 2.75) is 25.3 Å². The zero-order chi connectivity index (χ0) is 13.2. The summed E-state index contributed by atoms with van der Waals surface area (Å²) in [7, 11) is 2.21. The van der Waals surface area contributed by atoms with Crippen LogP contribution in [0.1, 0.15) is 19.3 Å². The lowest BCUT2D eigenvalue weighted by Crippen LogP contribution is -2.54. The van der Waals surface area contributed by atoms with Crippen LogP contribution in [0, 0.1) is 5.92 Å². The van der Waals surface area contributed by atoms with Crippen LogP contribution < -0.4 is 5.32 Å². The van der Waals surface area contributed by atoms with Gasteiger partial charge in [0.2, 0.25) is 0 Å². The van der Waals surface area contributed by atoms with Gasteiger partial charge in [0.25, 0.3) is 0 Å². The van der Waals surface area contributed by atoms with Gasteiger partial charge in [-0.15, -0.1) is 11.3 Å². The van der Waals surface area contributed by atoms with Crippen LogP contribution in [0.5, 0.6) is 0 Å². The monoisotopic (exact) mass is 280 g/mol. The molecule has 2 aliphatic rings. The minimum Gasteiger partial charge on any atom is -0.324 e. The van der Waals surface area contributed by atoms with Crippen molar-refractivity contribution < 1.29 is 4.79 Å². The van der Waals surface area contributed by atoms with Crippen molar-refractivity contribution in [2.24, 2.45) is 5.92 Å². The molecule has 2 unspecified atom stereocenters. The van der Waals surface area contributed by atoms with E-state index >= 15 is 0 Å². The number of aromatic nitrogens is 1. The summed E-state index contributed by atoms with van der Waals surface area (Å²) in [4.78, 5) is 20.7. The number of fused-ring (bicyclic) bond motifs is 1. The number of amides is 2. The number of anilines is 1. The van der Waals surface area contributed by atoms with Crippen molar-refractivity contribution >= 4 is 22.5 Å². The normalized spacial score (nSPS) is 27.9. The number of carbonyl (C=O) groups excluding carboxylic acids is 1. The predicted molar refractivity (Wildman–Crippen MR) is 76.5 cm³/mol. The molecule has 0 radical (unpaired) electrons. The largest absolute Gasteiger partial charge is 0.324 e. The summed E-state index contributed by atoms with van der Waals surface area (Å²) in [5.74, 6) is 0.634. The number of nitrogens with zero attached hydrogens (tertiary/aromatic N) is 3. The Balaban J connectivity index is 1.59. The zero-order valence-corrected chi connectivity index (χ0v) is 12.0. The molecule has 3 rings (SSSR count). The molecule has 1 aromatic rings. The Morgan fingerprint density at radius 1 is 1.47 bits per heavy atom. The quantitative estimate of drug-likeness (QED) is 0.857. The van der Waals surface area contributed by atoms with Gasteiger partial charge in [-0.3, -0.25) is 5.32 Å². The highest BCUT2D eigenvalue weighted by Gasteiger charge is 2.35. The number of likely N-dealkylation sites (tertiary alicyclic amines) is 2. The van der Waals surface area contributed by atoms with Gasteiger partial charge in [-0.25, -0.2) is 9.78 Å². The highest BCUT2D eigenvalue weighted by molar-refractivity contribution is 7.13. The molecule has 1 aromatic heterocycles. The average Bonchev–Trinajstić information content (AvgIpc) is 2.91. The summed E-state index contributed by atoms with van der Waals surface area (Å²) in [6.07, 6.45) is 5.30. The second kappa shape index (κ2) is 5.46. The fraction of sp³-hybridized carbons (Fsp3) is 0.692. The molecule has 0 aromatic carbocycles. The van der Waals surface area contributed by atoms with Crippen LogP contribution in [0.2, 0.25) is 0 Å². The van der Waals surface area contributed by atoms with Crippen LogP contribution >= 0.6 is 11.3 Å². The zero-order valence-electron chi connectivity index (χ0n) is 11.2. The van der Waals surface area contributed by atoms with Crippen molar-refractivity contribution in [1.29, 1.82) is 0 Å². The van der Waals surface area contributed by atoms with Gasteiger partial charge in [-0.1, -0.05) is 0 Å². The molecule has 6 heteroatoms. The molecule has 1 N–H and O–H groups in total. The van der Waals surface area contributed by atoms with Gasteiger partial charge in [0, 0.05) is 30.7 Å². The first-order valence-corrected chi connectivity index (χ1v) is 7.77. The standard InChI is InChI=1S/C13H20N4OS/c1-16-6-2-3-10-9-17(7-4-11(10)16)13(18)15-12-14-5-8-19-12/h5,8,10-11H,2-4,6-7,9H2,1H3,(H,14,15,18). The van der Waals surface area contributed by atoms with Crippen molar-refractivity contribution in [3.05, 3.63) is 11.6 Å². The lowest BCUT2D eigenvalue weighted by atomic mass is 9.84. The smallest absolute Gasteiger partial charge is 0.323 e. The van der Waals surface area contributed by atoms with E-state index in [0.717, 1.165) is 19.5 Å². The first-order chi connectivity index (χ1) is 9.24. The minimum atomic E-state index is 0.00151. The molecule has 5 nitrogen and oxygen atoms in total. The van der Waals surface area contributed by atoms with Gasteiger partial charge in [0.05, 0.1) is 0 Å². The maximum absolute atomic E-state index is 12.2. The van der Waals surface area contributed by atoms with Gasteiger partial charge in [0.1, 0.15) is 0 Å². The van der Waals surface area contributed by atoms with Crippen LogP contribution in [0.4, 0.5) is 9.93 Å². The van der Waals surface area contributed by atoms with Crippen LogP contribution in [0.15, 0.2) is 11.6 Å². The van der Waals surface area contributed by atoms with E-state index in [2.05, 4.69) is 22.2 Å². The molecule has 0 spiro atoms. The number of thiazole rings is 1.